The largest absolute Gasteiger partial charge is 0.416 e. The van der Waals surface area contributed by atoms with Crippen molar-refractivity contribution in [1.29, 1.82) is 0 Å². The SMILES string of the molecule is FC(F)(F)c1ccc(-n2nnnc2CSc2ccnc3ccccc23)cc1. The molecular weight excluding hydrogens is 375 g/mol. The van der Waals surface area contributed by atoms with Crippen LogP contribution in [0.25, 0.3) is 16.6 Å². The van der Waals surface area contributed by atoms with Crippen molar-refractivity contribution in [2.45, 2.75) is 16.8 Å². The maximum Gasteiger partial charge on any atom is 0.416 e. The molecule has 0 radical (unpaired) electrons. The Hall–Kier alpha value is -2.94. The number of alkyl halides is 3. The summed E-state index contributed by atoms with van der Waals surface area (Å²) in [5.41, 5.74) is 0.659. The molecule has 5 nitrogen and oxygen atoms in total. The first kappa shape index (κ1) is 17.5. The molecule has 4 rings (SSSR count). The zero-order chi connectivity index (χ0) is 18.9. The zero-order valence-corrected chi connectivity index (χ0v) is 14.6. The van der Waals surface area contributed by atoms with Crippen LogP contribution in [0.5, 0.6) is 0 Å². The van der Waals surface area contributed by atoms with E-state index in [9.17, 15) is 13.2 Å². The zero-order valence-electron chi connectivity index (χ0n) is 13.8. The van der Waals surface area contributed by atoms with Crippen LogP contribution in [0.4, 0.5) is 13.2 Å². The van der Waals surface area contributed by atoms with Gasteiger partial charge >= 0.3 is 6.18 Å². The molecule has 0 unspecified atom stereocenters. The Balaban J connectivity index is 1.57. The number of fused-ring (bicyclic) bond motifs is 1. The number of benzene rings is 2. The minimum Gasteiger partial charge on any atom is -0.256 e. The minimum atomic E-state index is -4.37. The lowest BCUT2D eigenvalue weighted by Gasteiger charge is -2.09. The standard InChI is InChI=1S/C18H12F3N5S/c19-18(20,21)12-5-7-13(8-6-12)26-17(23-24-25-26)11-27-16-9-10-22-15-4-2-1-3-14(15)16/h1-10H,11H2. The summed E-state index contributed by atoms with van der Waals surface area (Å²) in [7, 11) is 0. The monoisotopic (exact) mass is 387 g/mol. The maximum absolute atomic E-state index is 12.7. The molecule has 0 saturated carbocycles. The highest BCUT2D eigenvalue weighted by Crippen LogP contribution is 2.31. The Morgan fingerprint density at radius 2 is 1.74 bits per heavy atom. The highest BCUT2D eigenvalue weighted by molar-refractivity contribution is 7.98. The van der Waals surface area contributed by atoms with Gasteiger partial charge in [0.25, 0.3) is 0 Å². The Morgan fingerprint density at radius 3 is 2.52 bits per heavy atom. The number of nitrogens with zero attached hydrogens (tertiary/aromatic N) is 5. The van der Waals surface area contributed by atoms with Crippen LogP contribution in [0.15, 0.2) is 65.7 Å². The summed E-state index contributed by atoms with van der Waals surface area (Å²) in [4.78, 5) is 5.36. The molecule has 0 bridgehead atoms. The van der Waals surface area contributed by atoms with Crippen LogP contribution >= 0.6 is 11.8 Å². The van der Waals surface area contributed by atoms with Crippen LogP contribution < -0.4 is 0 Å². The second-order valence-electron chi connectivity index (χ2n) is 5.67. The second kappa shape index (κ2) is 6.99. The van der Waals surface area contributed by atoms with Crippen molar-refractivity contribution in [3.63, 3.8) is 0 Å². The van der Waals surface area contributed by atoms with Crippen LogP contribution in [0.1, 0.15) is 11.4 Å². The molecule has 0 fully saturated rings. The van der Waals surface area contributed by atoms with Gasteiger partial charge in [0, 0.05) is 16.5 Å². The third-order valence-electron chi connectivity index (χ3n) is 3.94. The van der Waals surface area contributed by atoms with Gasteiger partial charge in [-0.2, -0.15) is 17.9 Å². The number of thioether (sulfide) groups is 1. The topological polar surface area (TPSA) is 56.5 Å². The lowest BCUT2D eigenvalue weighted by atomic mass is 10.2. The fourth-order valence-electron chi connectivity index (χ4n) is 2.63. The summed E-state index contributed by atoms with van der Waals surface area (Å²) in [6.45, 7) is 0. The molecule has 9 heteroatoms. The molecule has 0 aliphatic carbocycles. The summed E-state index contributed by atoms with van der Waals surface area (Å²) in [6.07, 6.45) is -2.64. The number of hydrogen-bond acceptors (Lipinski definition) is 5. The van der Waals surface area contributed by atoms with Gasteiger partial charge in [-0.3, -0.25) is 4.98 Å². The molecule has 136 valence electrons. The molecule has 0 aliphatic rings. The molecule has 4 aromatic rings. The molecule has 27 heavy (non-hydrogen) atoms. The van der Waals surface area contributed by atoms with E-state index in [2.05, 4.69) is 20.5 Å². The van der Waals surface area contributed by atoms with Crippen LogP contribution in [0.2, 0.25) is 0 Å². The molecule has 0 amide bonds. The van der Waals surface area contributed by atoms with Crippen molar-refractivity contribution in [3.05, 3.63) is 72.2 Å². The fourth-order valence-corrected chi connectivity index (χ4v) is 3.58. The third-order valence-corrected chi connectivity index (χ3v) is 5.01. The minimum absolute atomic E-state index is 0.460. The number of tetrazole rings is 1. The third kappa shape index (κ3) is 3.63. The van der Waals surface area contributed by atoms with Gasteiger partial charge in [-0.15, -0.1) is 16.9 Å². The van der Waals surface area contributed by atoms with Crippen molar-refractivity contribution in [1.82, 2.24) is 25.2 Å². The first-order valence-electron chi connectivity index (χ1n) is 7.94. The van der Waals surface area contributed by atoms with E-state index in [0.717, 1.165) is 27.9 Å². The van der Waals surface area contributed by atoms with Gasteiger partial charge in [0.15, 0.2) is 5.82 Å². The first-order valence-corrected chi connectivity index (χ1v) is 8.92. The van der Waals surface area contributed by atoms with Crippen molar-refractivity contribution >= 4 is 22.7 Å². The van der Waals surface area contributed by atoms with E-state index >= 15 is 0 Å². The smallest absolute Gasteiger partial charge is 0.256 e. The predicted octanol–water partition coefficient (Wildman–Crippen LogP) is 4.52. The number of hydrogen-bond donors (Lipinski definition) is 0. The fraction of sp³-hybridized carbons (Fsp3) is 0.111. The quantitative estimate of drug-likeness (QED) is 0.482. The molecule has 2 aromatic carbocycles. The maximum atomic E-state index is 12.7. The Bertz CT molecular complexity index is 1070. The molecule has 0 N–H and O–H groups in total. The number of rotatable bonds is 4. The van der Waals surface area contributed by atoms with E-state index in [0.29, 0.717) is 17.3 Å². The summed E-state index contributed by atoms with van der Waals surface area (Å²) in [6, 6.07) is 14.5. The Morgan fingerprint density at radius 1 is 0.963 bits per heavy atom. The van der Waals surface area contributed by atoms with Crippen molar-refractivity contribution in [2.75, 3.05) is 0 Å². The molecule has 0 atom stereocenters. The van der Waals surface area contributed by atoms with Crippen molar-refractivity contribution < 1.29 is 13.2 Å². The number of aromatic nitrogens is 5. The Labute approximate surface area is 156 Å². The lowest BCUT2D eigenvalue weighted by Crippen LogP contribution is -2.06. The van der Waals surface area contributed by atoms with E-state index in [1.54, 1.807) is 18.0 Å². The highest BCUT2D eigenvalue weighted by atomic mass is 32.2. The van der Waals surface area contributed by atoms with E-state index in [1.165, 1.54) is 16.8 Å². The van der Waals surface area contributed by atoms with Gasteiger partial charge < -0.3 is 0 Å². The number of halogens is 3. The van der Waals surface area contributed by atoms with Gasteiger partial charge in [0.2, 0.25) is 0 Å². The highest BCUT2D eigenvalue weighted by Gasteiger charge is 2.30. The first-order chi connectivity index (χ1) is 13.0. The van der Waals surface area contributed by atoms with Gasteiger partial charge in [-0.25, -0.2) is 0 Å². The second-order valence-corrected chi connectivity index (χ2v) is 6.68. The van der Waals surface area contributed by atoms with Crippen molar-refractivity contribution in [2.24, 2.45) is 0 Å². The summed E-state index contributed by atoms with van der Waals surface area (Å²) in [5.74, 6) is 1.00. The van der Waals surface area contributed by atoms with E-state index in [4.69, 9.17) is 0 Å². The van der Waals surface area contributed by atoms with Crippen LogP contribution in [0, 0.1) is 0 Å². The molecule has 0 aliphatic heterocycles. The van der Waals surface area contributed by atoms with Crippen LogP contribution in [-0.4, -0.2) is 25.2 Å². The summed E-state index contributed by atoms with van der Waals surface area (Å²) in [5, 5.41) is 12.6. The van der Waals surface area contributed by atoms with Gasteiger partial charge in [0.05, 0.1) is 22.5 Å². The van der Waals surface area contributed by atoms with Gasteiger partial charge in [-0.1, -0.05) is 18.2 Å². The average molecular weight is 387 g/mol. The summed E-state index contributed by atoms with van der Waals surface area (Å²) < 4.78 is 39.6. The van der Waals surface area contributed by atoms with Crippen molar-refractivity contribution in [3.8, 4) is 5.69 Å². The Kier molecular flexibility index (Phi) is 4.53. The number of para-hydroxylation sites is 1. The molecule has 0 saturated heterocycles. The number of pyridine rings is 1. The van der Waals surface area contributed by atoms with Crippen LogP contribution in [0.3, 0.4) is 0 Å². The van der Waals surface area contributed by atoms with E-state index < -0.39 is 11.7 Å². The molecule has 2 heterocycles. The van der Waals surface area contributed by atoms with Gasteiger partial charge in [0.1, 0.15) is 0 Å². The molecular formula is C18H12F3N5S. The van der Waals surface area contributed by atoms with E-state index in [-0.39, 0.29) is 0 Å². The normalized spacial score (nSPS) is 11.8. The average Bonchev–Trinajstić information content (AvgIpc) is 3.14. The molecule has 0 spiro atoms. The van der Waals surface area contributed by atoms with E-state index in [1.807, 2.05) is 30.3 Å². The molecule has 2 aromatic heterocycles. The summed E-state index contributed by atoms with van der Waals surface area (Å²) >= 11 is 1.54. The van der Waals surface area contributed by atoms with Gasteiger partial charge in [-0.05, 0) is 46.8 Å². The predicted molar refractivity (Wildman–Crippen MR) is 95.5 cm³/mol. The van der Waals surface area contributed by atoms with Crippen LogP contribution in [-0.2, 0) is 11.9 Å². The lowest BCUT2D eigenvalue weighted by molar-refractivity contribution is -0.137.